The minimum absolute atomic E-state index is 0.0694. The van der Waals surface area contributed by atoms with Crippen LogP contribution in [-0.2, 0) is 11.2 Å². The standard InChI is InChI=1S/C24H27N3O4S/c1-2-17-4-6-19-22(14-17)32-24(25-19)27(9-3-8-26-10-12-29-13-11-26)23(28)18-5-7-20-21(15-18)31-16-30-20/h4-7,14-15H,2-3,8-13,16H2,1H3. The van der Waals surface area contributed by atoms with E-state index in [2.05, 4.69) is 24.0 Å². The number of thiazole rings is 1. The number of hydrogen-bond acceptors (Lipinski definition) is 7. The number of carbonyl (C=O) groups is 1. The maximum absolute atomic E-state index is 13.6. The summed E-state index contributed by atoms with van der Waals surface area (Å²) in [7, 11) is 0. The molecule has 7 nitrogen and oxygen atoms in total. The molecule has 0 N–H and O–H groups in total. The van der Waals surface area contributed by atoms with Crippen molar-refractivity contribution in [3.8, 4) is 11.5 Å². The van der Waals surface area contributed by atoms with Crippen LogP contribution < -0.4 is 14.4 Å². The molecule has 2 aliphatic rings. The molecule has 1 aromatic heterocycles. The van der Waals surface area contributed by atoms with Gasteiger partial charge in [0.1, 0.15) is 0 Å². The second-order valence-electron chi connectivity index (χ2n) is 7.98. The van der Waals surface area contributed by atoms with Gasteiger partial charge in [0.25, 0.3) is 5.91 Å². The number of anilines is 1. The monoisotopic (exact) mass is 453 g/mol. The SMILES string of the molecule is CCc1ccc2nc(N(CCCN3CCOCC3)C(=O)c3ccc4c(c3)OCO4)sc2c1. The average Bonchev–Trinajstić information content (AvgIpc) is 3.47. The number of carbonyl (C=O) groups excluding carboxylic acids is 1. The third kappa shape index (κ3) is 4.44. The molecule has 8 heteroatoms. The zero-order valence-electron chi connectivity index (χ0n) is 18.2. The number of nitrogens with zero attached hydrogens (tertiary/aromatic N) is 3. The van der Waals surface area contributed by atoms with Crippen molar-refractivity contribution >= 4 is 32.6 Å². The highest BCUT2D eigenvalue weighted by Gasteiger charge is 2.24. The van der Waals surface area contributed by atoms with Crippen molar-refractivity contribution in [1.82, 2.24) is 9.88 Å². The van der Waals surface area contributed by atoms with Crippen molar-refractivity contribution in [2.24, 2.45) is 0 Å². The number of ether oxygens (including phenoxy) is 3. The molecule has 1 saturated heterocycles. The van der Waals surface area contributed by atoms with Gasteiger partial charge in [0, 0.05) is 31.7 Å². The fourth-order valence-corrected chi connectivity index (χ4v) is 5.09. The van der Waals surface area contributed by atoms with E-state index >= 15 is 0 Å². The van der Waals surface area contributed by atoms with Crippen LogP contribution in [0.25, 0.3) is 10.2 Å². The van der Waals surface area contributed by atoms with Gasteiger partial charge in [-0.25, -0.2) is 4.98 Å². The van der Waals surface area contributed by atoms with Crippen molar-refractivity contribution < 1.29 is 19.0 Å². The van der Waals surface area contributed by atoms with Gasteiger partial charge >= 0.3 is 0 Å². The van der Waals surface area contributed by atoms with Gasteiger partial charge in [-0.05, 0) is 48.7 Å². The highest BCUT2D eigenvalue weighted by molar-refractivity contribution is 7.22. The normalized spacial score (nSPS) is 15.9. The predicted molar refractivity (Wildman–Crippen MR) is 125 cm³/mol. The van der Waals surface area contributed by atoms with Gasteiger partial charge in [-0.2, -0.15) is 0 Å². The average molecular weight is 454 g/mol. The summed E-state index contributed by atoms with van der Waals surface area (Å²) in [5.41, 5.74) is 2.78. The molecule has 0 spiro atoms. The summed E-state index contributed by atoms with van der Waals surface area (Å²) in [4.78, 5) is 22.6. The van der Waals surface area contributed by atoms with E-state index in [1.54, 1.807) is 29.5 Å². The van der Waals surface area contributed by atoms with E-state index < -0.39 is 0 Å². The van der Waals surface area contributed by atoms with E-state index in [1.165, 1.54) is 5.56 Å². The minimum atomic E-state index is -0.0694. The maximum atomic E-state index is 13.6. The van der Waals surface area contributed by atoms with Crippen molar-refractivity contribution in [2.75, 3.05) is 51.1 Å². The Balaban J connectivity index is 1.40. The number of fused-ring (bicyclic) bond motifs is 2. The summed E-state index contributed by atoms with van der Waals surface area (Å²) >= 11 is 1.57. The first-order chi connectivity index (χ1) is 15.7. The van der Waals surface area contributed by atoms with Crippen molar-refractivity contribution in [2.45, 2.75) is 19.8 Å². The smallest absolute Gasteiger partial charge is 0.260 e. The fourth-order valence-electron chi connectivity index (χ4n) is 4.04. The molecular formula is C24H27N3O4S. The summed E-state index contributed by atoms with van der Waals surface area (Å²) in [6.07, 6.45) is 1.84. The van der Waals surface area contributed by atoms with Gasteiger partial charge < -0.3 is 14.2 Å². The van der Waals surface area contributed by atoms with Crippen LogP contribution in [0.15, 0.2) is 36.4 Å². The molecule has 0 radical (unpaired) electrons. The first-order valence-electron chi connectivity index (χ1n) is 11.1. The largest absolute Gasteiger partial charge is 0.454 e. The van der Waals surface area contributed by atoms with Crippen LogP contribution in [0.2, 0.25) is 0 Å². The maximum Gasteiger partial charge on any atom is 0.260 e. The molecule has 0 saturated carbocycles. The number of aryl methyl sites for hydroxylation is 1. The zero-order chi connectivity index (χ0) is 21.9. The van der Waals surface area contributed by atoms with Gasteiger partial charge in [0.05, 0.1) is 23.4 Å². The Labute approximate surface area is 191 Å². The van der Waals surface area contributed by atoms with E-state index in [4.69, 9.17) is 19.2 Å². The third-order valence-electron chi connectivity index (χ3n) is 5.91. The van der Waals surface area contributed by atoms with Crippen LogP contribution in [0.4, 0.5) is 5.13 Å². The van der Waals surface area contributed by atoms with Gasteiger partial charge in [-0.3, -0.25) is 14.6 Å². The Bertz CT molecular complexity index is 1110. The number of morpholine rings is 1. The molecule has 32 heavy (non-hydrogen) atoms. The molecule has 168 valence electrons. The number of rotatable bonds is 7. The van der Waals surface area contributed by atoms with Crippen LogP contribution in [0.3, 0.4) is 0 Å². The Morgan fingerprint density at radius 3 is 2.81 bits per heavy atom. The van der Waals surface area contributed by atoms with Crippen LogP contribution in [0, 0.1) is 0 Å². The van der Waals surface area contributed by atoms with Crippen molar-refractivity contribution in [3.05, 3.63) is 47.5 Å². The Morgan fingerprint density at radius 1 is 1.12 bits per heavy atom. The predicted octanol–water partition coefficient (Wildman–Crippen LogP) is 3.96. The van der Waals surface area contributed by atoms with Crippen LogP contribution >= 0.6 is 11.3 Å². The summed E-state index contributed by atoms with van der Waals surface area (Å²) in [6, 6.07) is 11.7. The second-order valence-corrected chi connectivity index (χ2v) is 8.99. The van der Waals surface area contributed by atoms with Gasteiger partial charge in [-0.1, -0.05) is 24.3 Å². The lowest BCUT2D eigenvalue weighted by molar-refractivity contribution is 0.0376. The van der Waals surface area contributed by atoms with E-state index in [9.17, 15) is 4.79 Å². The van der Waals surface area contributed by atoms with Crippen molar-refractivity contribution in [1.29, 1.82) is 0 Å². The summed E-state index contributed by atoms with van der Waals surface area (Å²) in [5.74, 6) is 1.22. The molecule has 0 aliphatic carbocycles. The van der Waals surface area contributed by atoms with E-state index in [0.29, 0.717) is 23.6 Å². The summed E-state index contributed by atoms with van der Waals surface area (Å²) < 4.78 is 17.4. The number of hydrogen-bond donors (Lipinski definition) is 0. The summed E-state index contributed by atoms with van der Waals surface area (Å²) in [5, 5.41) is 0.734. The number of amides is 1. The molecule has 1 amide bonds. The Morgan fingerprint density at radius 2 is 1.97 bits per heavy atom. The van der Waals surface area contributed by atoms with E-state index in [0.717, 1.165) is 61.0 Å². The van der Waals surface area contributed by atoms with Crippen LogP contribution in [-0.4, -0.2) is 62.0 Å². The second kappa shape index (κ2) is 9.44. The van der Waals surface area contributed by atoms with E-state index in [1.807, 2.05) is 11.0 Å². The highest BCUT2D eigenvalue weighted by Crippen LogP contribution is 2.35. The van der Waals surface area contributed by atoms with Gasteiger partial charge in [-0.15, -0.1) is 0 Å². The minimum Gasteiger partial charge on any atom is -0.454 e. The lowest BCUT2D eigenvalue weighted by atomic mass is 10.1. The first-order valence-corrected chi connectivity index (χ1v) is 11.9. The molecule has 3 heterocycles. The number of benzene rings is 2. The molecule has 5 rings (SSSR count). The molecule has 1 fully saturated rings. The molecule has 3 aromatic rings. The molecular weight excluding hydrogens is 426 g/mol. The molecule has 0 unspecified atom stereocenters. The van der Waals surface area contributed by atoms with Crippen LogP contribution in [0.5, 0.6) is 11.5 Å². The molecule has 0 bridgehead atoms. The van der Waals surface area contributed by atoms with Gasteiger partial charge in [0.15, 0.2) is 16.6 Å². The third-order valence-corrected chi connectivity index (χ3v) is 6.95. The summed E-state index contributed by atoms with van der Waals surface area (Å²) in [6.45, 7) is 7.30. The lowest BCUT2D eigenvalue weighted by Crippen LogP contribution is -2.39. The fraction of sp³-hybridized carbons (Fsp3) is 0.417. The molecule has 2 aromatic carbocycles. The highest BCUT2D eigenvalue weighted by atomic mass is 32.1. The molecule has 2 aliphatic heterocycles. The Hall–Kier alpha value is -2.68. The van der Waals surface area contributed by atoms with Crippen molar-refractivity contribution in [3.63, 3.8) is 0 Å². The first kappa shape index (κ1) is 21.2. The van der Waals surface area contributed by atoms with Crippen LogP contribution in [0.1, 0.15) is 29.3 Å². The topological polar surface area (TPSA) is 64.1 Å². The number of aromatic nitrogens is 1. The van der Waals surface area contributed by atoms with E-state index in [-0.39, 0.29) is 12.7 Å². The zero-order valence-corrected chi connectivity index (χ0v) is 19.0. The Kier molecular flexibility index (Phi) is 6.25. The molecule has 0 atom stereocenters. The van der Waals surface area contributed by atoms with Gasteiger partial charge in [0.2, 0.25) is 6.79 Å². The quantitative estimate of drug-likeness (QED) is 0.540. The lowest BCUT2D eigenvalue weighted by Gasteiger charge is -2.27.